The van der Waals surface area contributed by atoms with E-state index >= 15 is 0 Å². The minimum atomic E-state index is -0.640. The van der Waals surface area contributed by atoms with Gasteiger partial charge in [-0.25, -0.2) is 4.79 Å². The quantitative estimate of drug-likeness (QED) is 0.477. The van der Waals surface area contributed by atoms with Crippen LogP contribution in [0, 0.1) is 0 Å². The summed E-state index contributed by atoms with van der Waals surface area (Å²) in [5.74, 6) is 0.0857. The Kier molecular flexibility index (Phi) is 8.39. The number of benzene rings is 3. The molecular formula is C32H37N3O3. The molecule has 2 aliphatic rings. The fraction of sp³-hybridized carbons (Fsp3) is 0.375. The first-order valence-corrected chi connectivity index (χ1v) is 13.7. The summed E-state index contributed by atoms with van der Waals surface area (Å²) < 4.78 is 5.56. The second-order valence-electron chi connectivity index (χ2n) is 10.5. The summed E-state index contributed by atoms with van der Waals surface area (Å²) in [4.78, 5) is 30.9. The van der Waals surface area contributed by atoms with E-state index in [1.165, 1.54) is 5.56 Å². The number of carbonyl (C=O) groups is 2. The number of carbonyl (C=O) groups excluding carboxylic acids is 2. The molecule has 2 aliphatic heterocycles. The van der Waals surface area contributed by atoms with Crippen LogP contribution < -0.4 is 5.32 Å². The Morgan fingerprint density at radius 3 is 1.92 bits per heavy atom. The van der Waals surface area contributed by atoms with Crippen LogP contribution in [0.25, 0.3) is 0 Å². The molecule has 0 bridgehead atoms. The lowest BCUT2D eigenvalue weighted by Gasteiger charge is -2.42. The minimum Gasteiger partial charge on any atom is -0.445 e. The first-order valence-electron chi connectivity index (χ1n) is 13.7. The third-order valence-electron chi connectivity index (χ3n) is 8.01. The predicted molar refractivity (Wildman–Crippen MR) is 148 cm³/mol. The van der Waals surface area contributed by atoms with Crippen molar-refractivity contribution in [3.8, 4) is 0 Å². The highest BCUT2D eigenvalue weighted by Gasteiger charge is 2.44. The summed E-state index contributed by atoms with van der Waals surface area (Å²) in [5.41, 5.74) is 2.67. The Hall–Kier alpha value is -3.64. The SMILES string of the molecule is O=C(OCc1ccccc1)N1CCC(C(=O)NC2CCN(Cc3ccccc3)CC2)(c2ccccc2)CC1. The second-order valence-corrected chi connectivity index (χ2v) is 10.5. The van der Waals surface area contributed by atoms with Crippen LogP contribution in [0.1, 0.15) is 42.4 Å². The van der Waals surface area contributed by atoms with Crippen LogP contribution in [0.3, 0.4) is 0 Å². The largest absolute Gasteiger partial charge is 0.445 e. The molecule has 6 nitrogen and oxygen atoms in total. The second kappa shape index (κ2) is 12.3. The van der Waals surface area contributed by atoms with Crippen molar-refractivity contribution in [2.45, 2.75) is 50.3 Å². The maximum Gasteiger partial charge on any atom is 0.410 e. The highest BCUT2D eigenvalue weighted by molar-refractivity contribution is 5.89. The summed E-state index contributed by atoms with van der Waals surface area (Å²) in [6, 6.07) is 30.5. The highest BCUT2D eigenvalue weighted by Crippen LogP contribution is 2.36. The minimum absolute atomic E-state index is 0.0857. The Morgan fingerprint density at radius 1 is 0.763 bits per heavy atom. The Labute approximate surface area is 225 Å². The molecule has 3 aromatic rings. The van der Waals surface area contributed by atoms with Gasteiger partial charge >= 0.3 is 6.09 Å². The van der Waals surface area contributed by atoms with E-state index in [9.17, 15) is 9.59 Å². The number of nitrogens with zero attached hydrogens (tertiary/aromatic N) is 2. The summed E-state index contributed by atoms with van der Waals surface area (Å²) in [6.45, 7) is 4.13. The summed E-state index contributed by atoms with van der Waals surface area (Å²) in [7, 11) is 0. The molecule has 6 heteroatoms. The van der Waals surface area contributed by atoms with Gasteiger partial charge in [0.05, 0.1) is 5.41 Å². The zero-order valence-electron chi connectivity index (χ0n) is 21.9. The average molecular weight is 512 g/mol. The van der Waals surface area contributed by atoms with Crippen LogP contribution in [0.4, 0.5) is 4.79 Å². The third kappa shape index (κ3) is 6.25. The van der Waals surface area contributed by atoms with Gasteiger partial charge in [0.25, 0.3) is 0 Å². The first kappa shape index (κ1) is 26.0. The molecule has 2 amide bonds. The lowest BCUT2D eigenvalue weighted by molar-refractivity contribution is -0.129. The fourth-order valence-corrected chi connectivity index (χ4v) is 5.69. The van der Waals surface area contributed by atoms with Gasteiger partial charge in [0.15, 0.2) is 0 Å². The van der Waals surface area contributed by atoms with Gasteiger partial charge in [-0.1, -0.05) is 91.0 Å². The van der Waals surface area contributed by atoms with Crippen LogP contribution in [0.15, 0.2) is 91.0 Å². The molecule has 0 atom stereocenters. The lowest BCUT2D eigenvalue weighted by atomic mass is 9.71. The van der Waals surface area contributed by atoms with Crippen LogP contribution in [-0.2, 0) is 28.1 Å². The lowest BCUT2D eigenvalue weighted by Crippen LogP contribution is -2.55. The molecule has 0 saturated carbocycles. The molecule has 5 rings (SSSR count). The van der Waals surface area contributed by atoms with Gasteiger partial charge in [-0.15, -0.1) is 0 Å². The number of rotatable bonds is 7. The van der Waals surface area contributed by atoms with Gasteiger partial charge in [-0.05, 0) is 42.4 Å². The number of piperidine rings is 2. The van der Waals surface area contributed by atoms with E-state index < -0.39 is 5.41 Å². The molecule has 198 valence electrons. The van der Waals surface area contributed by atoms with Crippen molar-refractivity contribution >= 4 is 12.0 Å². The smallest absolute Gasteiger partial charge is 0.410 e. The molecule has 0 aliphatic carbocycles. The maximum absolute atomic E-state index is 13.9. The number of ether oxygens (including phenoxy) is 1. The van der Waals surface area contributed by atoms with E-state index in [0.29, 0.717) is 25.9 Å². The van der Waals surface area contributed by atoms with Crippen LogP contribution >= 0.6 is 0 Å². The van der Waals surface area contributed by atoms with Crippen molar-refractivity contribution in [1.82, 2.24) is 15.1 Å². The van der Waals surface area contributed by atoms with E-state index in [-0.39, 0.29) is 24.6 Å². The Morgan fingerprint density at radius 2 is 1.32 bits per heavy atom. The number of amides is 2. The molecule has 38 heavy (non-hydrogen) atoms. The average Bonchev–Trinajstić information content (AvgIpc) is 2.98. The summed E-state index contributed by atoms with van der Waals surface area (Å²) in [5, 5.41) is 3.40. The monoisotopic (exact) mass is 511 g/mol. The van der Waals surface area contributed by atoms with Gasteiger partial charge in [0.2, 0.25) is 5.91 Å². The summed E-state index contributed by atoms with van der Waals surface area (Å²) >= 11 is 0. The van der Waals surface area contributed by atoms with Gasteiger partial charge in [-0.3, -0.25) is 9.69 Å². The van der Waals surface area contributed by atoms with Crippen LogP contribution in [0.2, 0.25) is 0 Å². The molecule has 3 aromatic carbocycles. The van der Waals surface area contributed by atoms with E-state index in [1.807, 2.05) is 66.7 Å². The van der Waals surface area contributed by atoms with E-state index in [1.54, 1.807) is 4.90 Å². The van der Waals surface area contributed by atoms with Gasteiger partial charge < -0.3 is 15.0 Å². The fourth-order valence-electron chi connectivity index (χ4n) is 5.69. The van der Waals surface area contributed by atoms with Crippen molar-refractivity contribution in [1.29, 1.82) is 0 Å². The topological polar surface area (TPSA) is 61.9 Å². The van der Waals surface area contributed by atoms with Crippen LogP contribution in [0.5, 0.6) is 0 Å². The van der Waals surface area contributed by atoms with Gasteiger partial charge in [0, 0.05) is 38.8 Å². The molecule has 0 unspecified atom stereocenters. The molecule has 2 saturated heterocycles. The van der Waals surface area contributed by atoms with Crippen molar-refractivity contribution in [3.63, 3.8) is 0 Å². The molecule has 0 radical (unpaired) electrons. The first-order chi connectivity index (χ1) is 18.6. The van der Waals surface area contributed by atoms with E-state index in [2.05, 4.69) is 34.5 Å². The third-order valence-corrected chi connectivity index (χ3v) is 8.01. The number of hydrogen-bond donors (Lipinski definition) is 1. The highest BCUT2D eigenvalue weighted by atomic mass is 16.6. The summed E-state index contributed by atoms with van der Waals surface area (Å²) in [6.07, 6.45) is 2.73. The normalized spacial score (nSPS) is 18.1. The van der Waals surface area contributed by atoms with Gasteiger partial charge in [-0.2, -0.15) is 0 Å². The Balaban J connectivity index is 1.18. The zero-order chi connectivity index (χ0) is 26.2. The predicted octanol–water partition coefficient (Wildman–Crippen LogP) is 5.14. The number of hydrogen-bond acceptors (Lipinski definition) is 4. The molecule has 0 aromatic heterocycles. The Bertz CT molecular complexity index is 1170. The molecule has 2 fully saturated rings. The number of nitrogens with one attached hydrogen (secondary N) is 1. The molecular weight excluding hydrogens is 474 g/mol. The van der Waals surface area contributed by atoms with Gasteiger partial charge in [0.1, 0.15) is 6.61 Å². The maximum atomic E-state index is 13.9. The number of likely N-dealkylation sites (tertiary alicyclic amines) is 2. The molecule has 2 heterocycles. The van der Waals surface area contributed by atoms with Crippen LogP contribution in [-0.4, -0.2) is 54.0 Å². The van der Waals surface area contributed by atoms with Crippen molar-refractivity contribution < 1.29 is 14.3 Å². The van der Waals surface area contributed by atoms with Crippen molar-refractivity contribution in [2.75, 3.05) is 26.2 Å². The molecule has 1 N–H and O–H groups in total. The molecule has 0 spiro atoms. The van der Waals surface area contributed by atoms with Crippen molar-refractivity contribution in [3.05, 3.63) is 108 Å². The standard InChI is InChI=1S/C32H37N3O3/c36-30(33-29-16-20-34(21-17-29)24-26-10-4-1-5-11-26)32(28-14-8-3-9-15-28)18-22-35(23-19-32)31(37)38-25-27-12-6-2-7-13-27/h1-15,29H,16-25H2,(H,33,36). The van der Waals surface area contributed by atoms with Crippen molar-refractivity contribution in [2.24, 2.45) is 0 Å². The van der Waals surface area contributed by atoms with E-state index in [4.69, 9.17) is 4.74 Å². The van der Waals surface area contributed by atoms with E-state index in [0.717, 1.165) is 43.6 Å². The zero-order valence-corrected chi connectivity index (χ0v) is 21.9.